The number of nitrogens with one attached hydrogen (secondary N) is 2. The second-order valence-electron chi connectivity index (χ2n) is 8.16. The van der Waals surface area contributed by atoms with Gasteiger partial charge in [0.05, 0.1) is 17.1 Å². The van der Waals surface area contributed by atoms with E-state index in [0.717, 1.165) is 12.3 Å². The Labute approximate surface area is 175 Å². The van der Waals surface area contributed by atoms with Gasteiger partial charge < -0.3 is 20.1 Å². The monoisotopic (exact) mass is 410 g/mol. The number of carbonyl (C=O) groups excluding carboxylic acids is 3. The molecule has 2 N–H and O–H groups in total. The lowest BCUT2D eigenvalue weighted by molar-refractivity contribution is -0.116. The van der Waals surface area contributed by atoms with Crippen LogP contribution >= 0.6 is 0 Å². The minimum Gasteiger partial charge on any atom is -0.364 e. The zero-order valence-corrected chi connectivity index (χ0v) is 17.2. The molecule has 2 aromatic rings. The van der Waals surface area contributed by atoms with Crippen LogP contribution in [0.4, 0.5) is 11.4 Å². The van der Waals surface area contributed by atoms with E-state index in [2.05, 4.69) is 15.8 Å². The van der Waals surface area contributed by atoms with Crippen LogP contribution in [0.1, 0.15) is 65.4 Å². The second kappa shape index (κ2) is 8.30. The Bertz CT molecular complexity index is 979. The molecule has 1 atom stereocenters. The highest BCUT2D eigenvalue weighted by Crippen LogP contribution is 2.34. The van der Waals surface area contributed by atoms with Crippen molar-refractivity contribution in [1.82, 2.24) is 10.5 Å². The number of anilines is 2. The third-order valence-corrected chi connectivity index (χ3v) is 5.98. The summed E-state index contributed by atoms with van der Waals surface area (Å²) in [5.41, 5.74) is 2.27. The highest BCUT2D eigenvalue weighted by Gasteiger charge is 2.32. The van der Waals surface area contributed by atoms with E-state index in [0.29, 0.717) is 34.7 Å². The normalized spacial score (nSPS) is 18.8. The molecule has 0 bridgehead atoms. The van der Waals surface area contributed by atoms with Crippen LogP contribution in [0.2, 0.25) is 0 Å². The molecule has 1 saturated carbocycles. The van der Waals surface area contributed by atoms with Crippen LogP contribution in [-0.4, -0.2) is 35.5 Å². The van der Waals surface area contributed by atoms with Crippen LogP contribution in [0.25, 0.3) is 0 Å². The maximum absolute atomic E-state index is 13.2. The van der Waals surface area contributed by atoms with Gasteiger partial charge in [0.15, 0.2) is 0 Å². The van der Waals surface area contributed by atoms with Crippen molar-refractivity contribution in [3.8, 4) is 0 Å². The number of aromatic nitrogens is 1. The van der Waals surface area contributed by atoms with Gasteiger partial charge in [0.1, 0.15) is 11.8 Å². The Morgan fingerprint density at radius 1 is 1.33 bits per heavy atom. The van der Waals surface area contributed by atoms with E-state index in [1.807, 2.05) is 6.92 Å². The first-order chi connectivity index (χ1) is 14.4. The fourth-order valence-corrected chi connectivity index (χ4v) is 4.00. The molecule has 30 heavy (non-hydrogen) atoms. The van der Waals surface area contributed by atoms with Gasteiger partial charge in [0.25, 0.3) is 11.8 Å². The van der Waals surface area contributed by atoms with Crippen LogP contribution in [0.3, 0.4) is 0 Å². The van der Waals surface area contributed by atoms with Crippen LogP contribution in [0.5, 0.6) is 0 Å². The predicted molar refractivity (Wildman–Crippen MR) is 111 cm³/mol. The van der Waals surface area contributed by atoms with Crippen molar-refractivity contribution >= 4 is 29.1 Å². The lowest BCUT2D eigenvalue weighted by atomic mass is 9.83. The van der Waals surface area contributed by atoms with E-state index in [1.165, 1.54) is 25.5 Å². The average molecular weight is 410 g/mol. The molecule has 0 radical (unpaired) electrons. The van der Waals surface area contributed by atoms with Gasteiger partial charge >= 0.3 is 0 Å². The Morgan fingerprint density at radius 3 is 2.80 bits per heavy atom. The van der Waals surface area contributed by atoms with E-state index in [1.54, 1.807) is 30.0 Å². The predicted octanol–water partition coefficient (Wildman–Crippen LogP) is 3.28. The summed E-state index contributed by atoms with van der Waals surface area (Å²) in [7, 11) is 0. The fourth-order valence-electron chi connectivity index (χ4n) is 4.00. The average Bonchev–Trinajstić information content (AvgIpc) is 3.05. The van der Waals surface area contributed by atoms with E-state index in [9.17, 15) is 14.4 Å². The van der Waals surface area contributed by atoms with Crippen LogP contribution in [0, 0.1) is 12.8 Å². The number of amides is 3. The largest absolute Gasteiger partial charge is 0.364 e. The van der Waals surface area contributed by atoms with Crippen molar-refractivity contribution in [2.75, 3.05) is 16.8 Å². The first kappa shape index (κ1) is 20.1. The number of aryl methyl sites for hydroxylation is 1. The van der Waals surface area contributed by atoms with Gasteiger partial charge in [-0.15, -0.1) is 0 Å². The van der Waals surface area contributed by atoms with Crippen molar-refractivity contribution in [3.05, 3.63) is 41.3 Å². The quantitative estimate of drug-likeness (QED) is 0.787. The summed E-state index contributed by atoms with van der Waals surface area (Å²) in [6.45, 7) is 4.15. The summed E-state index contributed by atoms with van der Waals surface area (Å²) in [6, 6.07) is 4.65. The van der Waals surface area contributed by atoms with E-state index >= 15 is 0 Å². The SMILES string of the molecule is Cc1nocc1C(=O)N1c2ccc(C(=O)NCCC3CCC3)cc2NC(=O)CC1C. The zero-order chi connectivity index (χ0) is 21.3. The lowest BCUT2D eigenvalue weighted by Crippen LogP contribution is -2.39. The van der Waals surface area contributed by atoms with Crippen LogP contribution in [0.15, 0.2) is 29.0 Å². The van der Waals surface area contributed by atoms with Crippen molar-refractivity contribution in [2.45, 2.75) is 52.0 Å². The minimum absolute atomic E-state index is 0.146. The van der Waals surface area contributed by atoms with Gasteiger partial charge in [0.2, 0.25) is 5.91 Å². The third kappa shape index (κ3) is 3.94. The molecule has 0 saturated heterocycles. The molecule has 1 fully saturated rings. The van der Waals surface area contributed by atoms with Crippen LogP contribution < -0.4 is 15.5 Å². The molecule has 1 unspecified atom stereocenters. The lowest BCUT2D eigenvalue weighted by Gasteiger charge is -2.27. The molecule has 1 aliphatic heterocycles. The highest BCUT2D eigenvalue weighted by molar-refractivity contribution is 6.12. The van der Waals surface area contributed by atoms with Crippen molar-refractivity contribution < 1.29 is 18.9 Å². The van der Waals surface area contributed by atoms with Crippen molar-refractivity contribution in [2.24, 2.45) is 5.92 Å². The van der Waals surface area contributed by atoms with Gasteiger partial charge in [-0.25, -0.2) is 0 Å². The molecule has 1 aliphatic carbocycles. The van der Waals surface area contributed by atoms with E-state index < -0.39 is 0 Å². The highest BCUT2D eigenvalue weighted by atomic mass is 16.5. The first-order valence-electron chi connectivity index (χ1n) is 10.4. The minimum atomic E-state index is -0.366. The summed E-state index contributed by atoms with van der Waals surface area (Å²) in [5, 5.41) is 9.57. The van der Waals surface area contributed by atoms with E-state index in [-0.39, 0.29) is 30.2 Å². The number of carbonyl (C=O) groups is 3. The summed E-state index contributed by atoms with van der Waals surface area (Å²) in [6.07, 6.45) is 6.22. The van der Waals surface area contributed by atoms with Gasteiger partial charge in [-0.1, -0.05) is 24.4 Å². The van der Waals surface area contributed by atoms with Gasteiger partial charge in [0, 0.05) is 24.6 Å². The van der Waals surface area contributed by atoms with Crippen molar-refractivity contribution in [1.29, 1.82) is 0 Å². The molecule has 1 aromatic carbocycles. The topological polar surface area (TPSA) is 105 Å². The van der Waals surface area contributed by atoms with Gasteiger partial charge in [-0.05, 0) is 44.4 Å². The second-order valence-corrected chi connectivity index (χ2v) is 8.16. The molecule has 158 valence electrons. The van der Waals surface area contributed by atoms with E-state index in [4.69, 9.17) is 4.52 Å². The van der Waals surface area contributed by atoms with Crippen molar-refractivity contribution in [3.63, 3.8) is 0 Å². The molecule has 2 heterocycles. The van der Waals surface area contributed by atoms with Crippen LogP contribution in [-0.2, 0) is 4.79 Å². The Morgan fingerprint density at radius 2 is 2.13 bits per heavy atom. The standard InChI is InChI=1S/C22H26N4O4/c1-13-10-20(27)24-18-11-16(21(28)23-9-8-15-4-3-5-15)6-7-19(18)26(13)22(29)17-12-30-25-14(17)2/h6-7,11-13,15H,3-5,8-10H2,1-2H3,(H,23,28)(H,24,27). The number of benzene rings is 1. The number of fused-ring (bicyclic) bond motifs is 1. The maximum atomic E-state index is 13.2. The summed E-state index contributed by atoms with van der Waals surface area (Å²) in [4.78, 5) is 39.7. The molecule has 8 nitrogen and oxygen atoms in total. The molecule has 8 heteroatoms. The molecule has 1 aromatic heterocycles. The first-order valence-corrected chi connectivity index (χ1v) is 10.4. The fraction of sp³-hybridized carbons (Fsp3) is 0.455. The Hall–Kier alpha value is -3.16. The zero-order valence-electron chi connectivity index (χ0n) is 17.2. The summed E-state index contributed by atoms with van der Waals surface area (Å²) >= 11 is 0. The Balaban J connectivity index is 1.58. The maximum Gasteiger partial charge on any atom is 0.263 e. The Kier molecular flexibility index (Phi) is 5.57. The number of rotatable bonds is 5. The van der Waals surface area contributed by atoms with Gasteiger partial charge in [-0.2, -0.15) is 0 Å². The van der Waals surface area contributed by atoms with Gasteiger partial charge in [-0.3, -0.25) is 14.4 Å². The summed E-state index contributed by atoms with van der Waals surface area (Å²) < 4.78 is 4.92. The molecule has 3 amide bonds. The third-order valence-electron chi connectivity index (χ3n) is 5.98. The smallest absolute Gasteiger partial charge is 0.263 e. The molecular weight excluding hydrogens is 384 g/mol. The number of nitrogens with zero attached hydrogens (tertiary/aromatic N) is 2. The molecular formula is C22H26N4O4. The number of hydrogen-bond donors (Lipinski definition) is 2. The molecule has 4 rings (SSSR count). The summed E-state index contributed by atoms with van der Waals surface area (Å²) in [5.74, 6) is 0.0373. The number of hydrogen-bond acceptors (Lipinski definition) is 5. The molecule has 0 spiro atoms. The molecule has 2 aliphatic rings.